The number of hydrogen-bond acceptors (Lipinski definition) is 3. The van der Waals surface area contributed by atoms with Crippen LogP contribution in [0.5, 0.6) is 0 Å². The van der Waals surface area contributed by atoms with Crippen LogP contribution in [0, 0.1) is 0 Å². The summed E-state index contributed by atoms with van der Waals surface area (Å²) in [6.07, 6.45) is -19.2. The first-order chi connectivity index (χ1) is 9.54. The molecule has 0 heterocycles. The van der Waals surface area contributed by atoms with Crippen LogP contribution in [0.15, 0.2) is 0 Å². The summed E-state index contributed by atoms with van der Waals surface area (Å²) in [5.41, 5.74) is 0. The normalized spacial score (nSPS) is 17.5. The minimum Gasteiger partial charge on any atom is -0.391 e. The topological polar surface area (TPSA) is 38.7 Å². The lowest BCUT2D eigenvalue weighted by molar-refractivity contribution is -0.451. The lowest BCUT2D eigenvalue weighted by Gasteiger charge is -2.30. The molecule has 0 fully saturated rings. The summed E-state index contributed by atoms with van der Waals surface area (Å²) in [7, 11) is 0. The highest BCUT2D eigenvalue weighted by Crippen LogP contribution is 2.48. The Hall–Kier alpha value is -0.820. The molecule has 0 aliphatic heterocycles. The van der Waals surface area contributed by atoms with E-state index in [2.05, 4.69) is 9.47 Å². The van der Waals surface area contributed by atoms with Crippen LogP contribution in [0.1, 0.15) is 6.92 Å². The van der Waals surface area contributed by atoms with Crippen molar-refractivity contribution in [3.63, 3.8) is 0 Å². The van der Waals surface area contributed by atoms with Gasteiger partial charge in [-0.25, -0.2) is 4.39 Å². The largest absolute Gasteiger partial charge is 0.462 e. The van der Waals surface area contributed by atoms with Crippen molar-refractivity contribution < 1.29 is 58.5 Å². The smallest absolute Gasteiger partial charge is 0.391 e. The lowest BCUT2D eigenvalue weighted by Crippen LogP contribution is -2.56. The lowest BCUT2D eigenvalue weighted by atomic mass is 10.3. The number of alkyl halides is 10. The van der Waals surface area contributed by atoms with Gasteiger partial charge in [0.05, 0.1) is 12.7 Å². The van der Waals surface area contributed by atoms with Crippen molar-refractivity contribution in [2.75, 3.05) is 13.2 Å². The van der Waals surface area contributed by atoms with Crippen LogP contribution in [0.4, 0.5) is 43.9 Å². The van der Waals surface area contributed by atoms with E-state index in [9.17, 15) is 43.9 Å². The molecule has 134 valence electrons. The highest BCUT2D eigenvalue weighted by atomic mass is 19.4. The minimum atomic E-state index is -6.89. The van der Waals surface area contributed by atoms with E-state index in [1.165, 1.54) is 0 Å². The Labute approximate surface area is 116 Å². The summed E-state index contributed by atoms with van der Waals surface area (Å²) in [4.78, 5) is 0. The van der Waals surface area contributed by atoms with Gasteiger partial charge < -0.3 is 9.84 Å². The van der Waals surface area contributed by atoms with Crippen LogP contribution < -0.4 is 0 Å². The van der Waals surface area contributed by atoms with Crippen molar-refractivity contribution >= 4 is 0 Å². The van der Waals surface area contributed by atoms with Gasteiger partial charge in [0.25, 0.3) is 6.36 Å². The van der Waals surface area contributed by atoms with Crippen LogP contribution >= 0.6 is 0 Å². The molecule has 0 amide bonds. The summed E-state index contributed by atoms with van der Waals surface area (Å²) in [6, 6.07) is 0. The van der Waals surface area contributed by atoms with Gasteiger partial charge in [0.2, 0.25) is 0 Å². The zero-order valence-corrected chi connectivity index (χ0v) is 10.6. The summed E-state index contributed by atoms with van der Waals surface area (Å²) in [6.45, 7) is -1.73. The molecular weight excluding hydrogens is 346 g/mol. The third-order valence-corrected chi connectivity index (χ3v) is 1.96. The molecule has 0 rings (SSSR count). The molecule has 0 saturated heterocycles. The zero-order valence-electron chi connectivity index (χ0n) is 10.6. The van der Waals surface area contributed by atoms with Crippen molar-refractivity contribution in [1.29, 1.82) is 0 Å². The fourth-order valence-electron chi connectivity index (χ4n) is 0.886. The van der Waals surface area contributed by atoms with E-state index in [-0.39, 0.29) is 0 Å². The standard InChI is InChI=1S/C9H10F10O3/c1-4(20)2-21-3-6(11,12)5(10)22-9(18,19)7(13,14)8(15,16)17/h4-5,20H,2-3H2,1H3. The van der Waals surface area contributed by atoms with Gasteiger partial charge in [0, 0.05) is 0 Å². The van der Waals surface area contributed by atoms with Crippen molar-refractivity contribution in [1.82, 2.24) is 0 Å². The van der Waals surface area contributed by atoms with Gasteiger partial charge in [-0.3, -0.25) is 4.74 Å². The van der Waals surface area contributed by atoms with Gasteiger partial charge in [-0.05, 0) is 6.92 Å². The molecular formula is C9H10F10O3. The molecule has 0 radical (unpaired) electrons. The molecule has 0 aromatic rings. The maximum absolute atomic E-state index is 12.9. The Morgan fingerprint density at radius 2 is 1.41 bits per heavy atom. The van der Waals surface area contributed by atoms with Crippen molar-refractivity contribution in [3.8, 4) is 0 Å². The number of halogens is 10. The van der Waals surface area contributed by atoms with E-state index >= 15 is 0 Å². The summed E-state index contributed by atoms with van der Waals surface area (Å²) in [5.74, 6) is -11.8. The van der Waals surface area contributed by atoms with Gasteiger partial charge in [-0.2, -0.15) is 39.5 Å². The second kappa shape index (κ2) is 6.74. The number of hydrogen-bond donors (Lipinski definition) is 1. The van der Waals surface area contributed by atoms with Crippen molar-refractivity contribution in [2.24, 2.45) is 0 Å². The molecule has 1 N–H and O–H groups in total. The summed E-state index contributed by atoms with van der Waals surface area (Å²) < 4.78 is 130. The van der Waals surface area contributed by atoms with Gasteiger partial charge >= 0.3 is 24.1 Å². The third-order valence-electron chi connectivity index (χ3n) is 1.96. The highest BCUT2D eigenvalue weighted by Gasteiger charge is 2.75. The van der Waals surface area contributed by atoms with Crippen LogP contribution in [0.3, 0.4) is 0 Å². The molecule has 0 bridgehead atoms. The van der Waals surface area contributed by atoms with Crippen molar-refractivity contribution in [2.45, 2.75) is 43.5 Å². The molecule has 0 aliphatic rings. The zero-order chi connectivity index (χ0) is 18.0. The predicted molar refractivity (Wildman–Crippen MR) is 49.4 cm³/mol. The van der Waals surface area contributed by atoms with E-state index in [0.29, 0.717) is 0 Å². The Kier molecular flexibility index (Phi) is 6.49. The minimum absolute atomic E-state index is 0.794. The fraction of sp³-hybridized carbons (Fsp3) is 1.00. The van der Waals surface area contributed by atoms with Gasteiger partial charge in [-0.1, -0.05) is 0 Å². The Morgan fingerprint density at radius 3 is 1.77 bits per heavy atom. The molecule has 0 saturated carbocycles. The van der Waals surface area contributed by atoms with Gasteiger partial charge in [-0.15, -0.1) is 0 Å². The second-order valence-electron chi connectivity index (χ2n) is 4.15. The SMILES string of the molecule is CC(O)COCC(F)(F)C(F)OC(F)(F)C(F)(F)C(F)(F)F. The fourth-order valence-corrected chi connectivity index (χ4v) is 0.886. The predicted octanol–water partition coefficient (Wildman–Crippen LogP) is 3.12. The Bertz CT molecular complexity index is 354. The van der Waals surface area contributed by atoms with Crippen LogP contribution in [-0.4, -0.2) is 54.9 Å². The molecule has 3 nitrogen and oxygen atoms in total. The first-order valence-corrected chi connectivity index (χ1v) is 5.32. The first-order valence-electron chi connectivity index (χ1n) is 5.32. The van der Waals surface area contributed by atoms with E-state index in [0.717, 1.165) is 6.92 Å². The van der Waals surface area contributed by atoms with Crippen LogP contribution in [-0.2, 0) is 9.47 Å². The molecule has 0 aromatic heterocycles. The maximum atomic E-state index is 12.9. The molecule has 2 unspecified atom stereocenters. The van der Waals surface area contributed by atoms with E-state index in [1.54, 1.807) is 0 Å². The molecule has 22 heavy (non-hydrogen) atoms. The Balaban J connectivity index is 4.90. The van der Waals surface area contributed by atoms with Crippen LogP contribution in [0.25, 0.3) is 0 Å². The maximum Gasteiger partial charge on any atom is 0.462 e. The summed E-state index contributed by atoms with van der Waals surface area (Å²) in [5, 5.41) is 8.63. The average molecular weight is 356 g/mol. The number of aliphatic hydroxyl groups is 1. The van der Waals surface area contributed by atoms with Crippen molar-refractivity contribution in [3.05, 3.63) is 0 Å². The monoisotopic (exact) mass is 356 g/mol. The van der Waals surface area contributed by atoms with E-state index in [4.69, 9.17) is 5.11 Å². The molecule has 13 heteroatoms. The molecule has 0 aliphatic carbocycles. The molecule has 2 atom stereocenters. The molecule has 0 aromatic carbocycles. The Morgan fingerprint density at radius 1 is 0.955 bits per heavy atom. The number of aliphatic hydroxyl groups excluding tert-OH is 1. The van der Waals surface area contributed by atoms with E-state index < -0.39 is 49.8 Å². The third kappa shape index (κ3) is 5.12. The quantitative estimate of drug-likeness (QED) is 0.680. The average Bonchev–Trinajstić information content (AvgIpc) is 2.25. The second-order valence-corrected chi connectivity index (χ2v) is 4.15. The summed E-state index contributed by atoms with van der Waals surface area (Å²) >= 11 is 0. The number of ether oxygens (including phenoxy) is 2. The highest BCUT2D eigenvalue weighted by molar-refractivity contribution is 4.86. The van der Waals surface area contributed by atoms with Gasteiger partial charge in [0.15, 0.2) is 0 Å². The molecule has 0 spiro atoms. The first kappa shape index (κ1) is 21.2. The van der Waals surface area contributed by atoms with E-state index in [1.807, 2.05) is 0 Å². The van der Waals surface area contributed by atoms with Crippen LogP contribution in [0.2, 0.25) is 0 Å². The van der Waals surface area contributed by atoms with Gasteiger partial charge in [0.1, 0.15) is 6.61 Å². The number of rotatable bonds is 8.